The number of fused-ring (bicyclic) bond motifs is 1. The van der Waals surface area contributed by atoms with Gasteiger partial charge in [-0.3, -0.25) is 9.78 Å². The Morgan fingerprint density at radius 1 is 1.29 bits per heavy atom. The first-order valence-corrected chi connectivity index (χ1v) is 9.25. The van der Waals surface area contributed by atoms with Crippen LogP contribution in [0.2, 0.25) is 0 Å². The number of carboxylic acid groups (broad SMARTS) is 1. The van der Waals surface area contributed by atoms with Gasteiger partial charge < -0.3 is 15.7 Å². The summed E-state index contributed by atoms with van der Waals surface area (Å²) in [4.78, 5) is 28.0. The number of rotatable bonds is 7. The quantitative estimate of drug-likeness (QED) is 0.658. The zero-order valence-corrected chi connectivity index (χ0v) is 15.2. The monoisotopic (exact) mass is 397 g/mol. The van der Waals surface area contributed by atoms with Crippen molar-refractivity contribution in [3.63, 3.8) is 0 Å². The van der Waals surface area contributed by atoms with E-state index in [9.17, 15) is 27.9 Å². The summed E-state index contributed by atoms with van der Waals surface area (Å²) in [6.45, 7) is -0.0612. The fourth-order valence-corrected chi connectivity index (χ4v) is 3.77. The number of alkyl halides is 3. The number of allylic oxidation sites excluding steroid dienone is 1. The minimum Gasteiger partial charge on any atom is -0.478 e. The molecular weight excluding hydrogens is 375 g/mol. The van der Waals surface area contributed by atoms with E-state index in [0.29, 0.717) is 23.2 Å². The van der Waals surface area contributed by atoms with Gasteiger partial charge in [0.25, 0.3) is 0 Å². The van der Waals surface area contributed by atoms with Gasteiger partial charge in [-0.25, -0.2) is 4.79 Å². The van der Waals surface area contributed by atoms with Crippen molar-refractivity contribution < 1.29 is 27.9 Å². The Hall–Kier alpha value is -2.42. The fraction of sp³-hybridized carbons (Fsp3) is 0.526. The number of carboxylic acids is 1. The molecule has 28 heavy (non-hydrogen) atoms. The molecule has 1 heterocycles. The highest BCUT2D eigenvalue weighted by molar-refractivity contribution is 6.17. The van der Waals surface area contributed by atoms with Gasteiger partial charge in [0.2, 0.25) is 5.91 Å². The third kappa shape index (κ3) is 4.89. The van der Waals surface area contributed by atoms with Gasteiger partial charge >= 0.3 is 12.1 Å². The van der Waals surface area contributed by atoms with Crippen molar-refractivity contribution in [3.8, 4) is 0 Å². The molecule has 1 aromatic heterocycles. The van der Waals surface area contributed by atoms with Crippen molar-refractivity contribution >= 4 is 17.4 Å². The van der Waals surface area contributed by atoms with Gasteiger partial charge in [0.15, 0.2) is 0 Å². The van der Waals surface area contributed by atoms with Crippen molar-refractivity contribution in [1.82, 2.24) is 15.6 Å². The lowest BCUT2D eigenvalue weighted by Gasteiger charge is -2.23. The molecule has 0 aromatic carbocycles. The zero-order valence-electron chi connectivity index (χ0n) is 15.2. The number of carbonyl (C=O) groups is 2. The summed E-state index contributed by atoms with van der Waals surface area (Å²) in [5.41, 5.74) is 1.59. The Bertz CT molecular complexity index is 786. The number of carbonyl (C=O) groups excluding carboxylic acids is 1. The predicted octanol–water partition coefficient (Wildman–Crippen LogP) is 2.58. The molecule has 0 aliphatic heterocycles. The fourth-order valence-electron chi connectivity index (χ4n) is 3.77. The first-order chi connectivity index (χ1) is 13.2. The number of pyridine rings is 1. The van der Waals surface area contributed by atoms with E-state index in [1.54, 1.807) is 6.07 Å². The van der Waals surface area contributed by atoms with Gasteiger partial charge in [0.05, 0.1) is 23.7 Å². The van der Waals surface area contributed by atoms with E-state index in [1.807, 2.05) is 0 Å². The molecule has 1 amide bonds. The van der Waals surface area contributed by atoms with E-state index >= 15 is 0 Å². The summed E-state index contributed by atoms with van der Waals surface area (Å²) in [7, 11) is 0. The second-order valence-electron chi connectivity index (χ2n) is 7.16. The van der Waals surface area contributed by atoms with E-state index in [2.05, 4.69) is 15.6 Å². The SMILES string of the molecule is O=C(O)C1=CCc2nccc(CN[C@H](CC(F)(F)F)C(=O)NC3CCCC3)c21. The van der Waals surface area contributed by atoms with Crippen LogP contribution in [0.1, 0.15) is 48.9 Å². The molecule has 9 heteroatoms. The van der Waals surface area contributed by atoms with Crippen LogP contribution < -0.4 is 10.6 Å². The van der Waals surface area contributed by atoms with Crippen molar-refractivity contribution in [3.05, 3.63) is 35.2 Å². The maximum absolute atomic E-state index is 13.0. The van der Waals surface area contributed by atoms with Crippen LogP contribution in [-0.4, -0.2) is 40.2 Å². The van der Waals surface area contributed by atoms with Gasteiger partial charge in [-0.05, 0) is 24.5 Å². The number of nitrogens with zero attached hydrogens (tertiary/aromatic N) is 1. The molecule has 3 rings (SSSR count). The summed E-state index contributed by atoms with van der Waals surface area (Å²) in [5.74, 6) is -1.79. The summed E-state index contributed by atoms with van der Waals surface area (Å²) < 4.78 is 38.9. The number of hydrogen-bond acceptors (Lipinski definition) is 4. The molecule has 0 saturated heterocycles. The van der Waals surface area contributed by atoms with Crippen LogP contribution in [0, 0.1) is 0 Å². The number of amides is 1. The molecule has 0 spiro atoms. The van der Waals surface area contributed by atoms with Gasteiger partial charge in [-0.1, -0.05) is 18.9 Å². The van der Waals surface area contributed by atoms with Crippen LogP contribution in [0.5, 0.6) is 0 Å². The van der Waals surface area contributed by atoms with Crippen LogP contribution in [0.3, 0.4) is 0 Å². The molecule has 0 unspecified atom stereocenters. The van der Waals surface area contributed by atoms with Crippen molar-refractivity contribution in [2.45, 2.75) is 63.3 Å². The maximum Gasteiger partial charge on any atom is 0.391 e. The number of halogens is 3. The lowest BCUT2D eigenvalue weighted by Crippen LogP contribution is -2.48. The average Bonchev–Trinajstić information content (AvgIpc) is 3.26. The summed E-state index contributed by atoms with van der Waals surface area (Å²) in [6, 6.07) is 0.0350. The van der Waals surface area contributed by atoms with E-state index in [-0.39, 0.29) is 18.2 Å². The van der Waals surface area contributed by atoms with Crippen LogP contribution in [0.25, 0.3) is 5.57 Å². The lowest BCUT2D eigenvalue weighted by atomic mass is 10.0. The van der Waals surface area contributed by atoms with Crippen LogP contribution in [0.15, 0.2) is 18.3 Å². The summed E-state index contributed by atoms with van der Waals surface area (Å²) >= 11 is 0. The van der Waals surface area contributed by atoms with E-state index in [4.69, 9.17) is 0 Å². The number of aromatic nitrogens is 1. The topological polar surface area (TPSA) is 91.3 Å². The summed E-state index contributed by atoms with van der Waals surface area (Å²) in [5, 5.41) is 14.7. The van der Waals surface area contributed by atoms with Crippen LogP contribution in [0.4, 0.5) is 13.2 Å². The molecule has 0 bridgehead atoms. The highest BCUT2D eigenvalue weighted by Crippen LogP contribution is 2.30. The second-order valence-corrected chi connectivity index (χ2v) is 7.16. The molecule has 2 aliphatic rings. The zero-order chi connectivity index (χ0) is 20.3. The van der Waals surface area contributed by atoms with Crippen LogP contribution >= 0.6 is 0 Å². The van der Waals surface area contributed by atoms with Gasteiger partial charge in [0.1, 0.15) is 0 Å². The molecular formula is C19H22F3N3O3. The molecule has 1 fully saturated rings. The highest BCUT2D eigenvalue weighted by atomic mass is 19.4. The van der Waals surface area contributed by atoms with E-state index in [1.165, 1.54) is 12.3 Å². The third-order valence-corrected chi connectivity index (χ3v) is 5.11. The average molecular weight is 397 g/mol. The maximum atomic E-state index is 13.0. The Kier molecular flexibility index (Phi) is 6.02. The number of hydrogen-bond donors (Lipinski definition) is 3. The lowest BCUT2D eigenvalue weighted by molar-refractivity contribution is -0.149. The first kappa shape index (κ1) is 20.3. The van der Waals surface area contributed by atoms with Crippen molar-refractivity contribution in [2.24, 2.45) is 0 Å². The number of nitrogens with one attached hydrogen (secondary N) is 2. The van der Waals surface area contributed by atoms with Crippen molar-refractivity contribution in [2.75, 3.05) is 0 Å². The van der Waals surface area contributed by atoms with Crippen molar-refractivity contribution in [1.29, 1.82) is 0 Å². The van der Waals surface area contributed by atoms with Gasteiger partial charge in [0, 0.05) is 30.8 Å². The van der Waals surface area contributed by atoms with E-state index < -0.39 is 30.5 Å². The Balaban J connectivity index is 1.73. The second kappa shape index (κ2) is 8.30. The first-order valence-electron chi connectivity index (χ1n) is 9.25. The number of aliphatic carboxylic acids is 1. The predicted molar refractivity (Wildman–Crippen MR) is 95.3 cm³/mol. The minimum absolute atomic E-state index is 0.0612. The largest absolute Gasteiger partial charge is 0.478 e. The molecule has 1 atom stereocenters. The van der Waals surface area contributed by atoms with E-state index in [0.717, 1.165) is 25.7 Å². The van der Waals surface area contributed by atoms with Crippen LogP contribution in [-0.2, 0) is 22.6 Å². The molecule has 1 saturated carbocycles. The standard InChI is InChI=1S/C19H22F3N3O3/c20-19(21,22)9-15(17(26)25-12-3-1-2-4-12)24-10-11-7-8-23-14-6-5-13(16(11)14)18(27)28/h5,7-8,12,15,24H,1-4,6,9-10H2,(H,25,26)(H,27,28)/t15-/m1/s1. The third-order valence-electron chi connectivity index (χ3n) is 5.11. The Morgan fingerprint density at radius 3 is 2.64 bits per heavy atom. The molecule has 0 radical (unpaired) electrons. The minimum atomic E-state index is -4.50. The normalized spacial score (nSPS) is 17.9. The molecule has 1 aromatic rings. The molecule has 3 N–H and O–H groups in total. The van der Waals surface area contributed by atoms with Gasteiger partial charge in [-0.2, -0.15) is 13.2 Å². The molecule has 2 aliphatic carbocycles. The smallest absolute Gasteiger partial charge is 0.391 e. The summed E-state index contributed by atoms with van der Waals surface area (Å²) in [6.07, 6.45) is 1.04. The molecule has 6 nitrogen and oxygen atoms in total. The highest BCUT2D eigenvalue weighted by Gasteiger charge is 2.36. The van der Waals surface area contributed by atoms with Gasteiger partial charge in [-0.15, -0.1) is 0 Å². The Labute approximate surface area is 160 Å². The molecule has 152 valence electrons. The Morgan fingerprint density at radius 2 is 2.00 bits per heavy atom.